The summed E-state index contributed by atoms with van der Waals surface area (Å²) in [7, 11) is 0. The lowest BCUT2D eigenvalue weighted by atomic mass is 10.0. The van der Waals surface area contributed by atoms with Gasteiger partial charge in [-0.25, -0.2) is 4.79 Å². The molecule has 1 aliphatic heterocycles. The number of ether oxygens (including phenoxy) is 2. The quantitative estimate of drug-likeness (QED) is 0.786. The molecule has 0 fully saturated rings. The van der Waals surface area contributed by atoms with Crippen LogP contribution < -0.4 is 14.9 Å². The minimum Gasteiger partial charge on any atom is -0.477 e. The van der Waals surface area contributed by atoms with Crippen LogP contribution in [0.2, 0.25) is 0 Å². The highest BCUT2D eigenvalue weighted by Crippen LogP contribution is 2.39. The average Bonchev–Trinajstić information content (AvgIpc) is 3.11. The van der Waals surface area contributed by atoms with Crippen molar-refractivity contribution in [3.8, 4) is 11.5 Å². The van der Waals surface area contributed by atoms with Crippen molar-refractivity contribution in [3.05, 3.63) is 70.2 Å². The van der Waals surface area contributed by atoms with Crippen LogP contribution in [0.25, 0.3) is 11.1 Å². The van der Waals surface area contributed by atoms with Gasteiger partial charge in [0.2, 0.25) is 6.79 Å². The third kappa shape index (κ3) is 3.65. The molecule has 0 aliphatic carbocycles. The SMILES string of the molecule is C=C(/C=C(\C)c1cc(=O)c(C(=O)O)cn1CCC)c1cccc2c1OCO2. The molecule has 2 heterocycles. The number of carboxylic acids is 1. The van der Waals surface area contributed by atoms with Gasteiger partial charge >= 0.3 is 5.97 Å². The first-order valence-corrected chi connectivity index (χ1v) is 8.66. The van der Waals surface area contributed by atoms with Gasteiger partial charge in [-0.15, -0.1) is 0 Å². The average molecular weight is 367 g/mol. The van der Waals surface area contributed by atoms with E-state index in [9.17, 15) is 14.7 Å². The second-order valence-electron chi connectivity index (χ2n) is 6.33. The predicted octanol–water partition coefficient (Wildman–Crippen LogP) is 3.80. The van der Waals surface area contributed by atoms with Crippen molar-refractivity contribution in [3.63, 3.8) is 0 Å². The molecule has 0 bridgehead atoms. The molecule has 0 unspecified atom stereocenters. The summed E-state index contributed by atoms with van der Waals surface area (Å²) in [4.78, 5) is 23.4. The lowest BCUT2D eigenvalue weighted by Gasteiger charge is -2.15. The number of nitrogens with zero attached hydrogens (tertiary/aromatic N) is 1. The number of pyridine rings is 1. The van der Waals surface area contributed by atoms with E-state index in [-0.39, 0.29) is 12.4 Å². The summed E-state index contributed by atoms with van der Waals surface area (Å²) in [5.74, 6) is 0.103. The molecule has 0 amide bonds. The Bertz CT molecular complexity index is 1000. The molecule has 1 N–H and O–H groups in total. The van der Waals surface area contributed by atoms with Crippen LogP contribution >= 0.6 is 0 Å². The van der Waals surface area contributed by atoms with Crippen molar-refractivity contribution in [1.82, 2.24) is 4.57 Å². The number of allylic oxidation sites excluding steroid dienone is 3. The number of fused-ring (bicyclic) bond motifs is 1. The monoisotopic (exact) mass is 367 g/mol. The highest BCUT2D eigenvalue weighted by molar-refractivity contribution is 5.88. The van der Waals surface area contributed by atoms with Crippen LogP contribution in [0.5, 0.6) is 11.5 Å². The first kappa shape index (κ1) is 18.5. The van der Waals surface area contributed by atoms with Crippen LogP contribution in [0, 0.1) is 0 Å². The predicted molar refractivity (Wildman–Crippen MR) is 103 cm³/mol. The number of aromatic nitrogens is 1. The van der Waals surface area contributed by atoms with Gasteiger partial charge in [-0.3, -0.25) is 4.79 Å². The Morgan fingerprint density at radius 1 is 1.33 bits per heavy atom. The first-order valence-electron chi connectivity index (χ1n) is 8.66. The molecule has 3 rings (SSSR count). The zero-order chi connectivity index (χ0) is 19.6. The van der Waals surface area contributed by atoms with Crippen LogP contribution in [-0.2, 0) is 6.54 Å². The van der Waals surface area contributed by atoms with Crippen molar-refractivity contribution in [2.24, 2.45) is 0 Å². The fraction of sp³-hybridized carbons (Fsp3) is 0.238. The number of hydrogen-bond donors (Lipinski definition) is 1. The number of rotatable bonds is 6. The Balaban J connectivity index is 2.02. The third-order valence-electron chi connectivity index (χ3n) is 4.36. The third-order valence-corrected chi connectivity index (χ3v) is 4.36. The number of aryl methyl sites for hydroxylation is 1. The van der Waals surface area contributed by atoms with E-state index in [1.165, 1.54) is 12.3 Å². The molecular formula is C21H21NO5. The molecule has 1 aromatic heterocycles. The van der Waals surface area contributed by atoms with Gasteiger partial charge in [0.15, 0.2) is 16.9 Å². The molecule has 1 aliphatic rings. The number of aromatic carboxylic acids is 1. The highest BCUT2D eigenvalue weighted by Gasteiger charge is 2.19. The summed E-state index contributed by atoms with van der Waals surface area (Å²) >= 11 is 0. The number of carboxylic acid groups (broad SMARTS) is 1. The molecule has 27 heavy (non-hydrogen) atoms. The maximum absolute atomic E-state index is 12.2. The Hall–Kier alpha value is -3.28. The zero-order valence-electron chi connectivity index (χ0n) is 15.3. The van der Waals surface area contributed by atoms with Gasteiger partial charge in [-0.1, -0.05) is 25.6 Å². The molecule has 0 spiro atoms. The lowest BCUT2D eigenvalue weighted by Crippen LogP contribution is -2.19. The minimum atomic E-state index is -1.22. The molecule has 2 aromatic rings. The van der Waals surface area contributed by atoms with E-state index in [2.05, 4.69) is 6.58 Å². The maximum atomic E-state index is 12.2. The highest BCUT2D eigenvalue weighted by atomic mass is 16.7. The van der Waals surface area contributed by atoms with Crippen LogP contribution in [0.15, 0.2) is 47.9 Å². The number of para-hydroxylation sites is 1. The largest absolute Gasteiger partial charge is 0.477 e. The second kappa shape index (κ2) is 7.53. The Labute approximate surface area is 157 Å². The normalized spacial score (nSPS) is 12.9. The lowest BCUT2D eigenvalue weighted by molar-refractivity contribution is 0.0694. The van der Waals surface area contributed by atoms with E-state index in [1.807, 2.05) is 38.1 Å². The molecule has 140 valence electrons. The molecule has 0 saturated heterocycles. The van der Waals surface area contributed by atoms with E-state index in [0.29, 0.717) is 29.3 Å². The van der Waals surface area contributed by atoms with Crippen molar-refractivity contribution < 1.29 is 19.4 Å². The van der Waals surface area contributed by atoms with Gasteiger partial charge in [0.25, 0.3) is 0 Å². The first-order chi connectivity index (χ1) is 12.9. The summed E-state index contributed by atoms with van der Waals surface area (Å²) in [5, 5.41) is 9.20. The Morgan fingerprint density at radius 3 is 2.81 bits per heavy atom. The van der Waals surface area contributed by atoms with Gasteiger partial charge in [0.1, 0.15) is 5.56 Å². The summed E-state index contributed by atoms with van der Waals surface area (Å²) in [5.41, 5.74) is 2.26. The van der Waals surface area contributed by atoms with Gasteiger partial charge in [0.05, 0.1) is 0 Å². The van der Waals surface area contributed by atoms with Crippen LogP contribution in [0.3, 0.4) is 0 Å². The van der Waals surface area contributed by atoms with Gasteiger partial charge in [-0.05, 0) is 36.6 Å². The van der Waals surface area contributed by atoms with Gasteiger partial charge in [0, 0.05) is 30.1 Å². The number of benzene rings is 1. The van der Waals surface area contributed by atoms with Crippen molar-refractivity contribution >= 4 is 17.1 Å². The standard InChI is InChI=1S/C21H21NO5/c1-4-8-22-11-16(21(24)25)18(23)10-17(22)14(3)9-13(2)15-6-5-7-19-20(15)27-12-26-19/h5-7,9-11H,2,4,8,12H2,1,3H3,(H,24,25)/b14-9+. The molecule has 6 heteroatoms. The Kier molecular flexibility index (Phi) is 5.16. The molecule has 0 atom stereocenters. The van der Waals surface area contributed by atoms with E-state index < -0.39 is 11.4 Å². The molecule has 6 nitrogen and oxygen atoms in total. The smallest absolute Gasteiger partial charge is 0.341 e. The zero-order valence-corrected chi connectivity index (χ0v) is 15.3. The minimum absolute atomic E-state index is 0.176. The fourth-order valence-corrected chi connectivity index (χ4v) is 3.10. The van der Waals surface area contributed by atoms with E-state index >= 15 is 0 Å². The van der Waals surface area contributed by atoms with E-state index in [1.54, 1.807) is 4.57 Å². The van der Waals surface area contributed by atoms with Gasteiger partial charge < -0.3 is 19.1 Å². The molecule has 0 saturated carbocycles. The molecule has 0 radical (unpaired) electrons. The second-order valence-corrected chi connectivity index (χ2v) is 6.33. The summed E-state index contributed by atoms with van der Waals surface area (Å²) < 4.78 is 12.7. The Morgan fingerprint density at radius 2 is 2.11 bits per heavy atom. The van der Waals surface area contributed by atoms with Crippen molar-refractivity contribution in [1.29, 1.82) is 0 Å². The summed E-state index contributed by atoms with van der Waals surface area (Å²) in [6.07, 6.45) is 4.07. The summed E-state index contributed by atoms with van der Waals surface area (Å²) in [6, 6.07) is 6.96. The fourth-order valence-electron chi connectivity index (χ4n) is 3.10. The number of hydrogen-bond acceptors (Lipinski definition) is 4. The summed E-state index contributed by atoms with van der Waals surface area (Å²) in [6.45, 7) is 8.76. The van der Waals surface area contributed by atoms with Crippen LogP contribution in [-0.4, -0.2) is 22.4 Å². The van der Waals surface area contributed by atoms with Crippen molar-refractivity contribution in [2.75, 3.05) is 6.79 Å². The van der Waals surface area contributed by atoms with Crippen LogP contribution in [0.1, 0.15) is 41.9 Å². The van der Waals surface area contributed by atoms with E-state index in [4.69, 9.17) is 9.47 Å². The molecule has 1 aromatic carbocycles. The van der Waals surface area contributed by atoms with Gasteiger partial charge in [-0.2, -0.15) is 0 Å². The maximum Gasteiger partial charge on any atom is 0.341 e. The van der Waals surface area contributed by atoms with E-state index in [0.717, 1.165) is 17.6 Å². The molecular weight excluding hydrogens is 346 g/mol. The van der Waals surface area contributed by atoms with Crippen LogP contribution in [0.4, 0.5) is 0 Å². The topological polar surface area (TPSA) is 77.8 Å². The number of carbonyl (C=O) groups is 1. The van der Waals surface area contributed by atoms with Crippen molar-refractivity contribution in [2.45, 2.75) is 26.8 Å².